The van der Waals surface area contributed by atoms with Crippen LogP contribution in [0.15, 0.2) is 0 Å². The summed E-state index contributed by atoms with van der Waals surface area (Å²) < 4.78 is 4.94. The first-order chi connectivity index (χ1) is 5.23. The van der Waals surface area contributed by atoms with Crippen LogP contribution in [0.5, 0.6) is 0 Å². The van der Waals surface area contributed by atoms with Crippen LogP contribution in [0.25, 0.3) is 0 Å². The van der Waals surface area contributed by atoms with Gasteiger partial charge in [-0.2, -0.15) is 0 Å². The van der Waals surface area contributed by atoms with Crippen molar-refractivity contribution in [2.24, 2.45) is 0 Å². The van der Waals surface area contributed by atoms with Gasteiger partial charge in [-0.1, -0.05) is 0 Å². The van der Waals surface area contributed by atoms with Crippen molar-refractivity contribution < 1.29 is 25.2 Å². The smallest absolute Gasteiger partial charge is 0.300 e. The zero-order valence-corrected chi connectivity index (χ0v) is 7.54. The Balaban J connectivity index is -0.000000107. The minimum atomic E-state index is -0.833. The lowest BCUT2D eigenvalue weighted by molar-refractivity contribution is -0.134. The molecule has 5 nitrogen and oxygen atoms in total. The van der Waals surface area contributed by atoms with Crippen molar-refractivity contribution >= 4 is 5.97 Å². The molecule has 1 aliphatic rings. The molecular weight excluding hydrogens is 164 g/mol. The predicted molar refractivity (Wildman–Crippen MR) is 45.1 cm³/mol. The van der Waals surface area contributed by atoms with E-state index in [9.17, 15) is 0 Å². The molecule has 0 amide bonds. The third-order valence-electron chi connectivity index (χ3n) is 0.827. The lowest BCUT2D eigenvalue weighted by atomic mass is 10.4. The average Bonchev–Trinajstić information content (AvgIpc) is 2.44. The fourth-order valence-corrected chi connectivity index (χ4v) is 0.510. The summed E-state index contributed by atoms with van der Waals surface area (Å²) in [6.45, 7) is 3.08. The molecule has 0 atom stereocenters. The zero-order chi connectivity index (χ0) is 9.11. The molecule has 5 heteroatoms. The highest BCUT2D eigenvalue weighted by atomic mass is 16.5. The van der Waals surface area contributed by atoms with E-state index in [2.05, 4.69) is 0 Å². The van der Waals surface area contributed by atoms with Crippen molar-refractivity contribution in [3.8, 4) is 0 Å². The van der Waals surface area contributed by atoms with E-state index >= 15 is 0 Å². The quantitative estimate of drug-likeness (QED) is 0.536. The van der Waals surface area contributed by atoms with Gasteiger partial charge in [-0.15, -0.1) is 0 Å². The molecule has 1 heterocycles. The molecule has 1 rings (SSSR count). The number of aliphatic carboxylic acids is 1. The van der Waals surface area contributed by atoms with Crippen molar-refractivity contribution in [3.63, 3.8) is 0 Å². The molecule has 1 aliphatic heterocycles. The van der Waals surface area contributed by atoms with E-state index < -0.39 is 5.97 Å². The Morgan fingerprint density at radius 2 is 1.50 bits per heavy atom. The number of carboxylic acids is 1. The third kappa shape index (κ3) is 34.5. The fraction of sp³-hybridized carbons (Fsp3) is 0.857. The molecule has 76 valence electrons. The van der Waals surface area contributed by atoms with E-state index in [4.69, 9.17) is 19.7 Å². The van der Waals surface area contributed by atoms with E-state index in [1.54, 1.807) is 0 Å². The molecule has 0 bridgehead atoms. The minimum Gasteiger partial charge on any atom is -0.481 e. The highest BCUT2D eigenvalue weighted by molar-refractivity contribution is 5.62. The van der Waals surface area contributed by atoms with Gasteiger partial charge in [-0.3, -0.25) is 4.79 Å². The Morgan fingerprint density at radius 1 is 1.25 bits per heavy atom. The van der Waals surface area contributed by atoms with E-state index in [0.717, 1.165) is 27.2 Å². The van der Waals surface area contributed by atoms with Gasteiger partial charge >= 0.3 is 0 Å². The molecule has 0 unspecified atom stereocenters. The van der Waals surface area contributed by atoms with Gasteiger partial charge < -0.3 is 20.4 Å². The molecule has 0 aliphatic carbocycles. The molecular formula is C7H18O5. The summed E-state index contributed by atoms with van der Waals surface area (Å²) in [6.07, 6.45) is 2.56. The topological polar surface area (TPSA) is 98.3 Å². The lowest BCUT2D eigenvalue weighted by Crippen LogP contribution is -1.78. The number of aliphatic hydroxyl groups excluding tert-OH is 1. The Kier molecular flexibility index (Phi) is 24.3. The highest BCUT2D eigenvalue weighted by Gasteiger charge is 1.94. The van der Waals surface area contributed by atoms with Crippen LogP contribution < -0.4 is 0 Å². The summed E-state index contributed by atoms with van der Waals surface area (Å²) in [6, 6.07) is 0. The van der Waals surface area contributed by atoms with Crippen LogP contribution in [0.1, 0.15) is 19.8 Å². The Bertz CT molecular complexity index is 68.3. The second-order valence-corrected chi connectivity index (χ2v) is 1.84. The van der Waals surface area contributed by atoms with Crippen LogP contribution in [-0.4, -0.2) is 42.0 Å². The summed E-state index contributed by atoms with van der Waals surface area (Å²) in [7, 11) is 1.00. The van der Waals surface area contributed by atoms with Crippen LogP contribution in [0.4, 0.5) is 0 Å². The predicted octanol–water partition coefficient (Wildman–Crippen LogP) is -0.328. The van der Waals surface area contributed by atoms with Gasteiger partial charge in [0.15, 0.2) is 0 Å². The van der Waals surface area contributed by atoms with Crippen molar-refractivity contribution in [2.45, 2.75) is 19.8 Å². The summed E-state index contributed by atoms with van der Waals surface area (Å²) in [5.74, 6) is -0.833. The van der Waals surface area contributed by atoms with Gasteiger partial charge in [-0.25, -0.2) is 0 Å². The van der Waals surface area contributed by atoms with Crippen molar-refractivity contribution in [2.75, 3.05) is 20.3 Å². The van der Waals surface area contributed by atoms with Gasteiger partial charge in [-0.05, 0) is 12.8 Å². The van der Waals surface area contributed by atoms with Crippen LogP contribution in [0, 0.1) is 0 Å². The first kappa shape index (κ1) is 17.4. The lowest BCUT2D eigenvalue weighted by Gasteiger charge is -1.76. The summed E-state index contributed by atoms with van der Waals surface area (Å²) in [5.41, 5.74) is 0. The van der Waals surface area contributed by atoms with Crippen molar-refractivity contribution in [3.05, 3.63) is 0 Å². The van der Waals surface area contributed by atoms with Gasteiger partial charge in [0.05, 0.1) is 0 Å². The molecule has 12 heavy (non-hydrogen) atoms. The maximum atomic E-state index is 9.00. The molecule has 4 N–H and O–H groups in total. The summed E-state index contributed by atoms with van der Waals surface area (Å²) in [5, 5.41) is 14.4. The minimum absolute atomic E-state index is 0. The third-order valence-corrected chi connectivity index (χ3v) is 0.827. The number of carboxylic acid groups (broad SMARTS) is 1. The van der Waals surface area contributed by atoms with Gasteiger partial charge in [0.2, 0.25) is 0 Å². The second kappa shape index (κ2) is 16.7. The van der Waals surface area contributed by atoms with Crippen LogP contribution >= 0.6 is 0 Å². The normalized spacial score (nSPS) is 12.6. The Hall–Kier alpha value is -0.650. The summed E-state index contributed by atoms with van der Waals surface area (Å²) in [4.78, 5) is 9.00. The molecule has 1 fully saturated rings. The number of ether oxygens (including phenoxy) is 1. The van der Waals surface area contributed by atoms with E-state index in [-0.39, 0.29) is 5.48 Å². The monoisotopic (exact) mass is 182 g/mol. The van der Waals surface area contributed by atoms with E-state index in [1.165, 1.54) is 12.8 Å². The first-order valence-electron chi connectivity index (χ1n) is 3.45. The van der Waals surface area contributed by atoms with Crippen molar-refractivity contribution in [1.29, 1.82) is 0 Å². The van der Waals surface area contributed by atoms with Crippen LogP contribution in [0.3, 0.4) is 0 Å². The second-order valence-electron chi connectivity index (χ2n) is 1.84. The average molecular weight is 182 g/mol. The van der Waals surface area contributed by atoms with Crippen LogP contribution in [0.2, 0.25) is 0 Å². The molecule has 0 aromatic rings. The fourth-order valence-electron chi connectivity index (χ4n) is 0.510. The number of hydrogen-bond donors (Lipinski definition) is 2. The first-order valence-corrected chi connectivity index (χ1v) is 3.45. The zero-order valence-electron chi connectivity index (χ0n) is 7.54. The molecule has 0 saturated carbocycles. The SMILES string of the molecule is C1CCOC1.CC(=O)O.CO.O. The van der Waals surface area contributed by atoms with E-state index in [1.807, 2.05) is 0 Å². The van der Waals surface area contributed by atoms with Gasteiger partial charge in [0, 0.05) is 27.2 Å². The van der Waals surface area contributed by atoms with Crippen LogP contribution in [-0.2, 0) is 9.53 Å². The standard InChI is InChI=1S/C4H8O.C2H4O2.CH4O.H2O/c1-2-4-5-3-1;1-2(3)4;1-2;/h1-4H2;1H3,(H,3,4);2H,1H3;1H2. The molecule has 0 aromatic carbocycles. The number of hydrogen-bond acceptors (Lipinski definition) is 3. The molecule has 0 radical (unpaired) electrons. The van der Waals surface area contributed by atoms with Gasteiger partial charge in [0.1, 0.15) is 0 Å². The number of rotatable bonds is 0. The Labute approximate surface area is 72.3 Å². The largest absolute Gasteiger partial charge is 0.481 e. The maximum Gasteiger partial charge on any atom is 0.300 e. The molecule has 0 aromatic heterocycles. The maximum absolute atomic E-state index is 9.00. The molecule has 0 spiro atoms. The molecule has 1 saturated heterocycles. The van der Waals surface area contributed by atoms with Crippen molar-refractivity contribution in [1.82, 2.24) is 0 Å². The number of aliphatic hydroxyl groups is 1. The highest BCUT2D eigenvalue weighted by Crippen LogP contribution is 1.98. The Morgan fingerprint density at radius 3 is 1.58 bits per heavy atom. The summed E-state index contributed by atoms with van der Waals surface area (Å²) >= 11 is 0. The number of carbonyl (C=O) groups is 1. The van der Waals surface area contributed by atoms with Gasteiger partial charge in [0.25, 0.3) is 5.97 Å². The van der Waals surface area contributed by atoms with E-state index in [0.29, 0.717) is 0 Å².